The number of ether oxygens (including phenoxy) is 2. The fourth-order valence-electron chi connectivity index (χ4n) is 3.89. The molecule has 0 atom stereocenters. The fourth-order valence-corrected chi connectivity index (χ4v) is 6.78. The Morgan fingerprint density at radius 1 is 0.636 bits per heavy atom. The zero-order chi connectivity index (χ0) is 25.0. The van der Waals surface area contributed by atoms with Crippen LogP contribution in [0.2, 0.25) is 0 Å². The molecule has 0 bridgehead atoms. The zero-order valence-corrected chi connectivity index (χ0v) is 23.8. The average molecular weight is 483 g/mol. The van der Waals surface area contributed by atoms with Crippen LogP contribution in [-0.4, -0.2) is 39.8 Å². The van der Waals surface area contributed by atoms with E-state index in [0.717, 1.165) is 55.9 Å². The maximum Gasteiger partial charge on any atom is 0.541 e. The summed E-state index contributed by atoms with van der Waals surface area (Å²) in [7, 11) is -3.23. The summed E-state index contributed by atoms with van der Waals surface area (Å²) in [4.78, 5) is 0. The molecule has 0 aromatic heterocycles. The van der Waals surface area contributed by atoms with Crippen LogP contribution >= 0.6 is 0 Å². The smallest absolute Gasteiger partial charge is 0.484 e. The molecule has 192 valence electrons. The van der Waals surface area contributed by atoms with E-state index < -0.39 is 8.80 Å². The van der Waals surface area contributed by atoms with Gasteiger partial charge >= 0.3 is 8.80 Å². The lowest BCUT2D eigenvalue weighted by Crippen LogP contribution is -2.58. The summed E-state index contributed by atoms with van der Waals surface area (Å²) in [6, 6.07) is 6.05. The number of rotatable bonds is 18. The normalized spacial score (nSPS) is 12.8. The Bertz CT molecular complexity index is 653. The highest BCUT2D eigenvalue weighted by Gasteiger charge is 2.48. The molecule has 0 aliphatic carbocycles. The van der Waals surface area contributed by atoms with Crippen LogP contribution in [0.4, 0.5) is 0 Å². The minimum absolute atomic E-state index is 0.316. The lowest BCUT2D eigenvalue weighted by molar-refractivity contribution is 0.0598. The van der Waals surface area contributed by atoms with E-state index in [4.69, 9.17) is 22.8 Å². The van der Waals surface area contributed by atoms with E-state index in [1.807, 2.05) is 18.2 Å². The first-order chi connectivity index (χ1) is 15.6. The molecule has 0 unspecified atom stereocenters. The second kappa shape index (κ2) is 14.3. The van der Waals surface area contributed by atoms with Crippen LogP contribution in [-0.2, 0) is 13.3 Å². The quantitative estimate of drug-likeness (QED) is 0.210. The molecule has 0 saturated carbocycles. The SMILES string of the molecule is CCCO[Si](OCCC)(OCCC)c1cccc(OC(C)(C)CCC)c1OC(C)(C)CCC. The summed E-state index contributed by atoms with van der Waals surface area (Å²) in [5.41, 5.74) is -0.679. The van der Waals surface area contributed by atoms with E-state index in [-0.39, 0.29) is 11.2 Å². The largest absolute Gasteiger partial charge is 0.541 e. The molecule has 0 aliphatic rings. The van der Waals surface area contributed by atoms with E-state index in [1.54, 1.807) is 0 Å². The second-order valence-corrected chi connectivity index (χ2v) is 12.5. The van der Waals surface area contributed by atoms with Crippen LogP contribution in [0.3, 0.4) is 0 Å². The Labute approximate surface area is 204 Å². The van der Waals surface area contributed by atoms with Crippen molar-refractivity contribution >= 4 is 14.0 Å². The van der Waals surface area contributed by atoms with Gasteiger partial charge in [-0.05, 0) is 65.9 Å². The van der Waals surface area contributed by atoms with Crippen molar-refractivity contribution in [3.8, 4) is 11.5 Å². The van der Waals surface area contributed by atoms with Crippen molar-refractivity contribution in [2.45, 2.75) is 118 Å². The van der Waals surface area contributed by atoms with E-state index in [1.165, 1.54) is 0 Å². The van der Waals surface area contributed by atoms with Gasteiger partial charge in [0.25, 0.3) is 0 Å². The molecule has 0 N–H and O–H groups in total. The molecule has 0 fully saturated rings. The number of hydrogen-bond donors (Lipinski definition) is 0. The third-order valence-electron chi connectivity index (χ3n) is 5.27. The highest BCUT2D eigenvalue weighted by molar-refractivity contribution is 6.76. The predicted molar refractivity (Wildman–Crippen MR) is 140 cm³/mol. The lowest BCUT2D eigenvalue weighted by atomic mass is 10.0. The molecule has 0 radical (unpaired) electrons. The standard InChI is InChI=1S/C27H50O5Si/c1-10-18-26(6,7)31-23-16-15-17-24(25(23)32-27(8,9)19-11-2)33(28-20-12-3,29-21-13-4)30-22-14-5/h15-17H,10-14,18-22H2,1-9H3. The van der Waals surface area contributed by atoms with Gasteiger partial charge in [0.15, 0.2) is 11.5 Å². The average Bonchev–Trinajstić information content (AvgIpc) is 2.74. The molecular formula is C27H50O5Si. The van der Waals surface area contributed by atoms with Gasteiger partial charge < -0.3 is 22.8 Å². The van der Waals surface area contributed by atoms with Crippen molar-refractivity contribution in [1.82, 2.24) is 0 Å². The third kappa shape index (κ3) is 9.59. The van der Waals surface area contributed by atoms with Gasteiger partial charge in [0, 0.05) is 19.8 Å². The Balaban J connectivity index is 3.70. The zero-order valence-electron chi connectivity index (χ0n) is 22.8. The van der Waals surface area contributed by atoms with Crippen LogP contribution in [0.15, 0.2) is 18.2 Å². The monoisotopic (exact) mass is 482 g/mol. The van der Waals surface area contributed by atoms with Gasteiger partial charge in [0.05, 0.1) is 5.19 Å². The van der Waals surface area contributed by atoms with E-state index in [9.17, 15) is 0 Å². The maximum atomic E-state index is 6.74. The summed E-state index contributed by atoms with van der Waals surface area (Å²) in [6.45, 7) is 20.9. The number of hydrogen-bond acceptors (Lipinski definition) is 5. The van der Waals surface area contributed by atoms with Crippen molar-refractivity contribution in [1.29, 1.82) is 0 Å². The molecule has 0 spiro atoms. The van der Waals surface area contributed by atoms with Crippen molar-refractivity contribution in [3.63, 3.8) is 0 Å². The van der Waals surface area contributed by atoms with Crippen LogP contribution in [0.1, 0.15) is 107 Å². The van der Waals surface area contributed by atoms with Crippen molar-refractivity contribution in [2.24, 2.45) is 0 Å². The molecular weight excluding hydrogens is 432 g/mol. The number of para-hydroxylation sites is 1. The van der Waals surface area contributed by atoms with E-state index in [0.29, 0.717) is 25.6 Å². The van der Waals surface area contributed by atoms with Crippen molar-refractivity contribution < 1.29 is 22.8 Å². The summed E-state index contributed by atoms with van der Waals surface area (Å²) in [5.74, 6) is 1.43. The molecule has 33 heavy (non-hydrogen) atoms. The minimum atomic E-state index is -3.23. The molecule has 0 saturated heterocycles. The highest BCUT2D eigenvalue weighted by Crippen LogP contribution is 2.36. The van der Waals surface area contributed by atoms with E-state index in [2.05, 4.69) is 62.3 Å². The lowest BCUT2D eigenvalue weighted by Gasteiger charge is -2.35. The summed E-state index contributed by atoms with van der Waals surface area (Å²) in [6.07, 6.45) is 6.60. The van der Waals surface area contributed by atoms with Gasteiger partial charge in [-0.25, -0.2) is 0 Å². The Hall–Kier alpha value is -1.08. The summed E-state index contributed by atoms with van der Waals surface area (Å²) < 4.78 is 32.7. The Kier molecular flexibility index (Phi) is 13.0. The highest BCUT2D eigenvalue weighted by atomic mass is 28.4. The van der Waals surface area contributed by atoms with Gasteiger partial charge in [-0.2, -0.15) is 0 Å². The third-order valence-corrected chi connectivity index (χ3v) is 8.07. The molecule has 0 amide bonds. The van der Waals surface area contributed by atoms with Gasteiger partial charge in [-0.1, -0.05) is 59.6 Å². The fraction of sp³-hybridized carbons (Fsp3) is 0.778. The van der Waals surface area contributed by atoms with Crippen molar-refractivity contribution in [3.05, 3.63) is 18.2 Å². The van der Waals surface area contributed by atoms with Gasteiger partial charge in [-0.15, -0.1) is 0 Å². The second-order valence-electron chi connectivity index (χ2n) is 9.96. The first-order valence-corrected chi connectivity index (χ1v) is 14.8. The molecule has 1 rings (SSSR count). The van der Waals surface area contributed by atoms with Gasteiger partial charge in [0.1, 0.15) is 11.2 Å². The molecule has 5 nitrogen and oxygen atoms in total. The van der Waals surface area contributed by atoms with Gasteiger partial charge in [0.2, 0.25) is 0 Å². The van der Waals surface area contributed by atoms with Crippen LogP contribution in [0.25, 0.3) is 0 Å². The Morgan fingerprint density at radius 3 is 1.52 bits per heavy atom. The van der Waals surface area contributed by atoms with Crippen LogP contribution in [0.5, 0.6) is 11.5 Å². The first kappa shape index (κ1) is 29.9. The molecule has 1 aromatic carbocycles. The minimum Gasteiger partial charge on any atom is -0.484 e. The predicted octanol–water partition coefficient (Wildman–Crippen LogP) is 7.03. The molecule has 6 heteroatoms. The molecule has 0 heterocycles. The summed E-state index contributed by atoms with van der Waals surface area (Å²) >= 11 is 0. The first-order valence-electron chi connectivity index (χ1n) is 13.0. The maximum absolute atomic E-state index is 6.74. The van der Waals surface area contributed by atoms with Gasteiger partial charge in [-0.3, -0.25) is 0 Å². The summed E-state index contributed by atoms with van der Waals surface area (Å²) in [5, 5.41) is 0.867. The molecule has 0 aliphatic heterocycles. The topological polar surface area (TPSA) is 46.2 Å². The van der Waals surface area contributed by atoms with Crippen molar-refractivity contribution in [2.75, 3.05) is 19.8 Å². The molecule has 1 aromatic rings. The Morgan fingerprint density at radius 2 is 1.09 bits per heavy atom. The van der Waals surface area contributed by atoms with Crippen LogP contribution in [0, 0.1) is 0 Å². The number of benzene rings is 1. The van der Waals surface area contributed by atoms with Crippen LogP contribution < -0.4 is 14.7 Å². The van der Waals surface area contributed by atoms with E-state index >= 15 is 0 Å².